The third-order valence-corrected chi connectivity index (χ3v) is 4.13. The minimum absolute atomic E-state index is 0.624. The Morgan fingerprint density at radius 2 is 2.19 bits per heavy atom. The Labute approximate surface area is 132 Å². The van der Waals surface area contributed by atoms with E-state index in [2.05, 4.69) is 20.6 Å². The van der Waals surface area contributed by atoms with Crippen LogP contribution in [0.25, 0.3) is 21.5 Å². The van der Waals surface area contributed by atoms with Crippen molar-refractivity contribution in [1.29, 1.82) is 0 Å². The molecule has 0 atom stereocenters. The highest BCUT2D eigenvalue weighted by molar-refractivity contribution is 7.80. The summed E-state index contributed by atoms with van der Waals surface area (Å²) in [4.78, 5) is 8.70. The predicted octanol–water partition coefficient (Wildman–Crippen LogP) is 3.66. The molecule has 0 spiro atoms. The van der Waals surface area contributed by atoms with Crippen LogP contribution in [0, 0.1) is 0 Å². The van der Waals surface area contributed by atoms with Crippen LogP contribution in [0.4, 0.5) is 5.69 Å². The number of thiocarbonyl (C=S) groups is 1. The number of nitrogens with one attached hydrogen (secondary N) is 2. The minimum atomic E-state index is 0.624. The lowest BCUT2D eigenvalue weighted by Crippen LogP contribution is -2.27. The predicted molar refractivity (Wildman–Crippen MR) is 92.7 cm³/mol. The zero-order chi connectivity index (χ0) is 14.7. The summed E-state index contributed by atoms with van der Waals surface area (Å²) in [5, 5.41) is 8.91. The van der Waals surface area contributed by atoms with Crippen molar-refractivity contribution in [3.63, 3.8) is 0 Å². The molecule has 0 saturated carbocycles. The van der Waals surface area contributed by atoms with E-state index in [0.717, 1.165) is 33.7 Å². The molecule has 0 aliphatic rings. The van der Waals surface area contributed by atoms with Gasteiger partial charge >= 0.3 is 0 Å². The summed E-state index contributed by atoms with van der Waals surface area (Å²) in [6, 6.07) is 10.1. The van der Waals surface area contributed by atoms with Crippen molar-refractivity contribution in [3.05, 3.63) is 42.0 Å². The molecule has 1 aromatic carbocycles. The summed E-state index contributed by atoms with van der Waals surface area (Å²) in [6.07, 6.45) is 1.60. The molecule has 2 aromatic heterocycles. The third kappa shape index (κ3) is 3.01. The fraction of sp³-hybridized carbons (Fsp3) is 0.133. The lowest BCUT2D eigenvalue weighted by atomic mass is 10.1. The van der Waals surface area contributed by atoms with E-state index in [4.69, 9.17) is 12.2 Å². The van der Waals surface area contributed by atoms with Gasteiger partial charge in [0, 0.05) is 17.8 Å². The molecule has 21 heavy (non-hydrogen) atoms. The van der Waals surface area contributed by atoms with Crippen molar-refractivity contribution in [2.24, 2.45) is 0 Å². The van der Waals surface area contributed by atoms with Gasteiger partial charge in [-0.05, 0) is 42.7 Å². The first-order valence-corrected chi connectivity index (χ1v) is 7.90. The maximum absolute atomic E-state index is 5.21. The highest BCUT2D eigenvalue weighted by Gasteiger charge is 2.08. The lowest BCUT2D eigenvalue weighted by Gasteiger charge is -2.10. The topological polar surface area (TPSA) is 49.8 Å². The fourth-order valence-electron chi connectivity index (χ4n) is 2.07. The first-order chi connectivity index (χ1) is 10.3. The van der Waals surface area contributed by atoms with Crippen molar-refractivity contribution >= 4 is 44.6 Å². The first-order valence-electron chi connectivity index (χ1n) is 6.61. The van der Waals surface area contributed by atoms with Crippen LogP contribution in [0.3, 0.4) is 0 Å². The third-order valence-electron chi connectivity index (χ3n) is 2.97. The SMILES string of the molecule is CCNC(=S)Nc1cccc(-c2ncnc3ccsc23)c1. The maximum atomic E-state index is 5.21. The molecule has 3 rings (SSSR count). The van der Waals surface area contributed by atoms with Crippen LogP contribution in [0.2, 0.25) is 0 Å². The van der Waals surface area contributed by atoms with Gasteiger partial charge in [0.1, 0.15) is 6.33 Å². The molecule has 2 N–H and O–H groups in total. The number of aromatic nitrogens is 2. The van der Waals surface area contributed by atoms with Gasteiger partial charge in [-0.15, -0.1) is 11.3 Å². The van der Waals surface area contributed by atoms with E-state index in [-0.39, 0.29) is 0 Å². The fourth-order valence-corrected chi connectivity index (χ4v) is 3.19. The van der Waals surface area contributed by atoms with Gasteiger partial charge in [-0.2, -0.15) is 0 Å². The number of anilines is 1. The van der Waals surface area contributed by atoms with Crippen molar-refractivity contribution in [1.82, 2.24) is 15.3 Å². The second kappa shape index (κ2) is 6.15. The summed E-state index contributed by atoms with van der Waals surface area (Å²) in [6.45, 7) is 2.81. The van der Waals surface area contributed by atoms with Gasteiger partial charge in [-0.25, -0.2) is 9.97 Å². The quantitative estimate of drug-likeness (QED) is 0.723. The number of fused-ring (bicyclic) bond motifs is 1. The maximum Gasteiger partial charge on any atom is 0.170 e. The number of benzene rings is 1. The van der Waals surface area contributed by atoms with Crippen LogP contribution in [-0.2, 0) is 0 Å². The average Bonchev–Trinajstić information content (AvgIpc) is 2.96. The molecule has 0 aliphatic carbocycles. The van der Waals surface area contributed by atoms with E-state index in [1.54, 1.807) is 17.7 Å². The highest BCUT2D eigenvalue weighted by Crippen LogP contribution is 2.30. The molecule has 6 heteroatoms. The number of rotatable bonds is 3. The first kappa shape index (κ1) is 13.9. The molecule has 2 heterocycles. The summed E-state index contributed by atoms with van der Waals surface area (Å²) < 4.78 is 1.10. The van der Waals surface area contributed by atoms with E-state index >= 15 is 0 Å². The minimum Gasteiger partial charge on any atom is -0.363 e. The van der Waals surface area contributed by atoms with E-state index < -0.39 is 0 Å². The Kier molecular flexibility index (Phi) is 4.08. The standard InChI is InChI=1S/C15H14N4S2/c1-2-16-15(20)19-11-5-3-4-10(8-11)13-14-12(6-7-21-14)17-9-18-13/h3-9H,2H2,1H3,(H2,16,19,20). The second-order valence-corrected chi connectivity index (χ2v) is 5.75. The van der Waals surface area contributed by atoms with Gasteiger partial charge in [-0.1, -0.05) is 12.1 Å². The van der Waals surface area contributed by atoms with Gasteiger partial charge in [-0.3, -0.25) is 0 Å². The van der Waals surface area contributed by atoms with E-state index in [1.165, 1.54) is 0 Å². The summed E-state index contributed by atoms with van der Waals surface area (Å²) >= 11 is 6.87. The van der Waals surface area contributed by atoms with E-state index in [0.29, 0.717) is 5.11 Å². The molecule has 0 unspecified atom stereocenters. The van der Waals surface area contributed by atoms with E-state index in [1.807, 2.05) is 42.6 Å². The van der Waals surface area contributed by atoms with Crippen LogP contribution >= 0.6 is 23.6 Å². The monoisotopic (exact) mass is 314 g/mol. The Hall–Kier alpha value is -2.05. The molecule has 4 nitrogen and oxygen atoms in total. The van der Waals surface area contributed by atoms with Crippen molar-refractivity contribution in [3.8, 4) is 11.3 Å². The zero-order valence-electron chi connectivity index (χ0n) is 11.5. The van der Waals surface area contributed by atoms with Crippen LogP contribution in [0.1, 0.15) is 6.92 Å². The van der Waals surface area contributed by atoms with Crippen LogP contribution in [-0.4, -0.2) is 21.6 Å². The normalized spacial score (nSPS) is 10.5. The number of hydrogen-bond acceptors (Lipinski definition) is 4. The Bertz CT molecular complexity index is 782. The van der Waals surface area contributed by atoms with Gasteiger partial charge in [0.05, 0.1) is 15.9 Å². The Morgan fingerprint density at radius 1 is 1.29 bits per heavy atom. The zero-order valence-corrected chi connectivity index (χ0v) is 13.1. The summed E-state index contributed by atoms with van der Waals surface area (Å²) in [7, 11) is 0. The van der Waals surface area contributed by atoms with Gasteiger partial charge in [0.15, 0.2) is 5.11 Å². The van der Waals surface area contributed by atoms with Crippen LogP contribution in [0.5, 0.6) is 0 Å². The summed E-state index contributed by atoms with van der Waals surface area (Å²) in [5.41, 5.74) is 3.93. The second-order valence-electron chi connectivity index (χ2n) is 4.42. The average molecular weight is 314 g/mol. The van der Waals surface area contributed by atoms with Crippen molar-refractivity contribution < 1.29 is 0 Å². The molecule has 0 fully saturated rings. The molecule has 3 aromatic rings. The summed E-state index contributed by atoms with van der Waals surface area (Å²) in [5.74, 6) is 0. The number of nitrogens with zero attached hydrogens (tertiary/aromatic N) is 2. The molecule has 0 aliphatic heterocycles. The largest absolute Gasteiger partial charge is 0.363 e. The Morgan fingerprint density at radius 3 is 3.05 bits per heavy atom. The van der Waals surface area contributed by atoms with Gasteiger partial charge < -0.3 is 10.6 Å². The molecule has 0 saturated heterocycles. The molecule has 106 valence electrons. The molecule has 0 radical (unpaired) electrons. The molecule has 0 amide bonds. The Balaban J connectivity index is 1.96. The smallest absolute Gasteiger partial charge is 0.170 e. The highest BCUT2D eigenvalue weighted by atomic mass is 32.1. The van der Waals surface area contributed by atoms with Crippen molar-refractivity contribution in [2.45, 2.75) is 6.92 Å². The van der Waals surface area contributed by atoms with Gasteiger partial charge in [0.25, 0.3) is 0 Å². The number of thiophene rings is 1. The van der Waals surface area contributed by atoms with Crippen LogP contribution < -0.4 is 10.6 Å². The molecular formula is C15H14N4S2. The number of hydrogen-bond donors (Lipinski definition) is 2. The lowest BCUT2D eigenvalue weighted by molar-refractivity contribution is 0.979. The van der Waals surface area contributed by atoms with Crippen molar-refractivity contribution in [2.75, 3.05) is 11.9 Å². The van der Waals surface area contributed by atoms with Gasteiger partial charge in [0.2, 0.25) is 0 Å². The molecular weight excluding hydrogens is 300 g/mol. The molecule has 0 bridgehead atoms. The van der Waals surface area contributed by atoms with Crippen LogP contribution in [0.15, 0.2) is 42.0 Å². The van der Waals surface area contributed by atoms with E-state index in [9.17, 15) is 0 Å².